The minimum absolute atomic E-state index is 0.642. The van der Waals surface area contributed by atoms with E-state index in [0.717, 1.165) is 17.2 Å². The van der Waals surface area contributed by atoms with E-state index < -0.39 is 0 Å². The fourth-order valence-electron chi connectivity index (χ4n) is 2.93. The molecule has 0 unspecified atom stereocenters. The van der Waals surface area contributed by atoms with Gasteiger partial charge in [0.2, 0.25) is 0 Å². The van der Waals surface area contributed by atoms with Gasteiger partial charge < -0.3 is 4.57 Å². The number of para-hydroxylation sites is 1. The molecular formula is C15H15NO. The van der Waals surface area contributed by atoms with E-state index in [9.17, 15) is 4.79 Å². The van der Waals surface area contributed by atoms with Gasteiger partial charge >= 0.3 is 0 Å². The fourth-order valence-corrected chi connectivity index (χ4v) is 2.93. The first-order valence-electron chi connectivity index (χ1n) is 6.48. The molecule has 0 radical (unpaired) electrons. The zero-order valence-electron chi connectivity index (χ0n) is 9.73. The van der Waals surface area contributed by atoms with E-state index in [2.05, 4.69) is 22.8 Å². The molecule has 4 rings (SSSR count). The van der Waals surface area contributed by atoms with Gasteiger partial charge in [0.15, 0.2) is 6.29 Å². The molecule has 0 bridgehead atoms. The number of nitrogens with zero attached hydrogens (tertiary/aromatic N) is 1. The molecule has 17 heavy (non-hydrogen) atoms. The molecular weight excluding hydrogens is 210 g/mol. The van der Waals surface area contributed by atoms with Crippen molar-refractivity contribution in [3.8, 4) is 0 Å². The Kier molecular flexibility index (Phi) is 1.79. The molecule has 1 heterocycles. The Morgan fingerprint density at radius 3 is 2.53 bits per heavy atom. The largest absolute Gasteiger partial charge is 0.341 e. The highest BCUT2D eigenvalue weighted by atomic mass is 16.1. The average molecular weight is 225 g/mol. The summed E-state index contributed by atoms with van der Waals surface area (Å²) in [6.07, 6.45) is 6.12. The van der Waals surface area contributed by atoms with Crippen LogP contribution in [0.2, 0.25) is 0 Å². The van der Waals surface area contributed by atoms with Gasteiger partial charge in [-0.2, -0.15) is 0 Å². The van der Waals surface area contributed by atoms with Crippen LogP contribution in [0.25, 0.3) is 10.9 Å². The molecule has 2 aliphatic carbocycles. The number of rotatable bonds is 3. The van der Waals surface area contributed by atoms with Gasteiger partial charge in [-0.15, -0.1) is 0 Å². The lowest BCUT2D eigenvalue weighted by molar-refractivity contribution is 0.112. The molecule has 86 valence electrons. The zero-order chi connectivity index (χ0) is 11.4. The van der Waals surface area contributed by atoms with E-state index in [4.69, 9.17) is 0 Å². The van der Waals surface area contributed by atoms with Crippen LogP contribution in [-0.2, 0) is 0 Å². The van der Waals surface area contributed by atoms with Gasteiger partial charge in [0, 0.05) is 34.1 Å². The normalized spacial score (nSPS) is 19.8. The summed E-state index contributed by atoms with van der Waals surface area (Å²) in [6, 6.07) is 9.01. The molecule has 0 amide bonds. The number of hydrogen-bond acceptors (Lipinski definition) is 1. The van der Waals surface area contributed by atoms with Gasteiger partial charge in [-0.05, 0) is 31.7 Å². The van der Waals surface area contributed by atoms with Crippen molar-refractivity contribution < 1.29 is 4.79 Å². The second-order valence-electron chi connectivity index (χ2n) is 5.31. The summed E-state index contributed by atoms with van der Waals surface area (Å²) in [4.78, 5) is 11.4. The highest BCUT2D eigenvalue weighted by molar-refractivity contribution is 6.00. The van der Waals surface area contributed by atoms with Crippen molar-refractivity contribution in [2.45, 2.75) is 37.6 Å². The molecule has 0 atom stereocenters. The van der Waals surface area contributed by atoms with Gasteiger partial charge in [-0.3, -0.25) is 4.79 Å². The molecule has 2 nitrogen and oxygen atoms in total. The lowest BCUT2D eigenvalue weighted by atomic mass is 10.1. The van der Waals surface area contributed by atoms with Crippen LogP contribution in [0.15, 0.2) is 24.3 Å². The topological polar surface area (TPSA) is 22.0 Å². The Morgan fingerprint density at radius 2 is 1.88 bits per heavy atom. The molecule has 0 aliphatic heterocycles. The highest BCUT2D eigenvalue weighted by Gasteiger charge is 2.36. The molecule has 2 fully saturated rings. The standard InChI is InChI=1S/C15H15NO/c17-9-13-12-3-1-2-4-14(12)16(11-7-8-11)15(13)10-5-6-10/h1-4,9-11H,5-8H2. The van der Waals surface area contributed by atoms with Crippen LogP contribution in [-0.4, -0.2) is 10.9 Å². The Morgan fingerprint density at radius 1 is 1.12 bits per heavy atom. The van der Waals surface area contributed by atoms with Crippen LogP contribution in [0.4, 0.5) is 0 Å². The maximum Gasteiger partial charge on any atom is 0.152 e. The first-order valence-corrected chi connectivity index (χ1v) is 6.48. The SMILES string of the molecule is O=Cc1c(C2CC2)n(C2CC2)c2ccccc12. The van der Waals surface area contributed by atoms with Crippen LogP contribution in [0.3, 0.4) is 0 Å². The zero-order valence-corrected chi connectivity index (χ0v) is 9.73. The minimum Gasteiger partial charge on any atom is -0.341 e. The third kappa shape index (κ3) is 1.30. The summed E-state index contributed by atoms with van der Waals surface area (Å²) >= 11 is 0. The molecule has 2 heteroatoms. The van der Waals surface area contributed by atoms with Crippen molar-refractivity contribution in [1.82, 2.24) is 4.57 Å². The van der Waals surface area contributed by atoms with Crippen molar-refractivity contribution >= 4 is 17.2 Å². The quantitative estimate of drug-likeness (QED) is 0.730. The number of aromatic nitrogens is 1. The van der Waals surface area contributed by atoms with E-state index in [0.29, 0.717) is 12.0 Å². The predicted molar refractivity (Wildman–Crippen MR) is 67.6 cm³/mol. The summed E-state index contributed by atoms with van der Waals surface area (Å²) in [5.74, 6) is 0.642. The molecule has 1 aromatic heterocycles. The van der Waals surface area contributed by atoms with Crippen LogP contribution >= 0.6 is 0 Å². The molecule has 0 saturated heterocycles. The Balaban J connectivity index is 2.10. The van der Waals surface area contributed by atoms with Crippen LogP contribution < -0.4 is 0 Å². The third-order valence-electron chi connectivity index (χ3n) is 3.98. The van der Waals surface area contributed by atoms with Crippen LogP contribution in [0.5, 0.6) is 0 Å². The van der Waals surface area contributed by atoms with Crippen molar-refractivity contribution in [2.75, 3.05) is 0 Å². The number of fused-ring (bicyclic) bond motifs is 1. The second-order valence-corrected chi connectivity index (χ2v) is 5.31. The number of carbonyl (C=O) groups excluding carboxylic acids is 1. The molecule has 1 aromatic carbocycles. The fraction of sp³-hybridized carbons (Fsp3) is 0.400. The van der Waals surface area contributed by atoms with Gasteiger partial charge in [-0.1, -0.05) is 18.2 Å². The monoisotopic (exact) mass is 225 g/mol. The first-order chi connectivity index (χ1) is 8.40. The lowest BCUT2D eigenvalue weighted by Gasteiger charge is -2.08. The maximum absolute atomic E-state index is 11.4. The Labute approximate surface area is 100 Å². The minimum atomic E-state index is 0.642. The predicted octanol–water partition coefficient (Wildman–Crippen LogP) is 3.67. The molecule has 2 saturated carbocycles. The van der Waals surface area contributed by atoms with Gasteiger partial charge in [-0.25, -0.2) is 0 Å². The summed E-state index contributed by atoms with van der Waals surface area (Å²) in [5.41, 5.74) is 3.54. The van der Waals surface area contributed by atoms with E-state index >= 15 is 0 Å². The van der Waals surface area contributed by atoms with Gasteiger partial charge in [0.1, 0.15) is 0 Å². The first kappa shape index (κ1) is 9.46. The van der Waals surface area contributed by atoms with Gasteiger partial charge in [0.25, 0.3) is 0 Å². The summed E-state index contributed by atoms with van der Waals surface area (Å²) in [7, 11) is 0. The second kappa shape index (κ2) is 3.22. The van der Waals surface area contributed by atoms with Gasteiger partial charge in [0.05, 0.1) is 0 Å². The van der Waals surface area contributed by atoms with Crippen molar-refractivity contribution in [2.24, 2.45) is 0 Å². The molecule has 2 aromatic rings. The number of aldehydes is 1. The Bertz CT molecular complexity index is 603. The smallest absolute Gasteiger partial charge is 0.152 e. The molecule has 0 N–H and O–H groups in total. The van der Waals surface area contributed by atoms with Crippen molar-refractivity contribution in [3.05, 3.63) is 35.5 Å². The number of hydrogen-bond donors (Lipinski definition) is 0. The van der Waals surface area contributed by atoms with E-state index in [-0.39, 0.29) is 0 Å². The van der Waals surface area contributed by atoms with E-state index in [1.165, 1.54) is 36.9 Å². The lowest BCUT2D eigenvalue weighted by Crippen LogP contribution is -2.00. The Hall–Kier alpha value is -1.57. The van der Waals surface area contributed by atoms with E-state index in [1.807, 2.05) is 6.07 Å². The van der Waals surface area contributed by atoms with Crippen molar-refractivity contribution in [3.63, 3.8) is 0 Å². The van der Waals surface area contributed by atoms with E-state index in [1.54, 1.807) is 0 Å². The number of carbonyl (C=O) groups is 1. The maximum atomic E-state index is 11.4. The van der Waals surface area contributed by atoms with Crippen LogP contribution in [0.1, 0.15) is 53.7 Å². The van der Waals surface area contributed by atoms with Crippen molar-refractivity contribution in [1.29, 1.82) is 0 Å². The highest BCUT2D eigenvalue weighted by Crippen LogP contribution is 2.49. The summed E-state index contributed by atoms with van der Waals surface area (Å²) in [6.45, 7) is 0. The third-order valence-corrected chi connectivity index (χ3v) is 3.98. The summed E-state index contributed by atoms with van der Waals surface area (Å²) < 4.78 is 2.46. The van der Waals surface area contributed by atoms with Crippen LogP contribution in [0, 0.1) is 0 Å². The number of benzene rings is 1. The molecule has 0 spiro atoms. The average Bonchev–Trinajstić information content (AvgIpc) is 3.24. The molecule has 2 aliphatic rings. The summed E-state index contributed by atoms with van der Waals surface area (Å²) in [5, 5.41) is 1.15.